The van der Waals surface area contributed by atoms with Gasteiger partial charge in [0.15, 0.2) is 0 Å². The van der Waals surface area contributed by atoms with Crippen LogP contribution in [0.1, 0.15) is 17.4 Å². The Morgan fingerprint density at radius 1 is 1.39 bits per heavy atom. The minimum atomic E-state index is -0.273. The zero-order valence-electron chi connectivity index (χ0n) is 10.1. The van der Waals surface area contributed by atoms with E-state index in [1.165, 1.54) is 23.5 Å². The number of hydrogen-bond acceptors (Lipinski definition) is 4. The lowest BCUT2D eigenvalue weighted by atomic mass is 10.2. The van der Waals surface area contributed by atoms with Crippen LogP contribution in [0.3, 0.4) is 0 Å². The minimum Gasteiger partial charge on any atom is -0.488 e. The van der Waals surface area contributed by atoms with E-state index in [1.54, 1.807) is 11.7 Å². The van der Waals surface area contributed by atoms with Gasteiger partial charge in [0.05, 0.1) is 10.4 Å². The van der Waals surface area contributed by atoms with E-state index in [0.29, 0.717) is 18.9 Å². The molecule has 0 saturated heterocycles. The van der Waals surface area contributed by atoms with E-state index >= 15 is 0 Å². The predicted octanol–water partition coefficient (Wildman–Crippen LogP) is 2.97. The molecule has 0 bridgehead atoms. The molecule has 1 heterocycles. The largest absolute Gasteiger partial charge is 0.488 e. The maximum Gasteiger partial charge on any atom is 0.127 e. The van der Waals surface area contributed by atoms with E-state index in [9.17, 15) is 4.39 Å². The molecule has 0 fully saturated rings. The first kappa shape index (κ1) is 13.0. The van der Waals surface area contributed by atoms with Crippen molar-refractivity contribution in [2.24, 2.45) is 0 Å². The van der Waals surface area contributed by atoms with Crippen molar-refractivity contribution in [2.75, 3.05) is 6.54 Å². The number of thiazole rings is 1. The zero-order valence-corrected chi connectivity index (χ0v) is 11.0. The van der Waals surface area contributed by atoms with E-state index < -0.39 is 0 Å². The summed E-state index contributed by atoms with van der Waals surface area (Å²) in [4.78, 5) is 4.99. The van der Waals surface area contributed by atoms with Gasteiger partial charge in [-0.2, -0.15) is 0 Å². The summed E-state index contributed by atoms with van der Waals surface area (Å²) in [6.07, 6.45) is 1.75. The summed E-state index contributed by atoms with van der Waals surface area (Å²) < 4.78 is 19.0. The lowest BCUT2D eigenvalue weighted by molar-refractivity contribution is 0.307. The molecule has 0 spiro atoms. The summed E-state index contributed by atoms with van der Waals surface area (Å²) >= 11 is 1.52. The van der Waals surface area contributed by atoms with Gasteiger partial charge < -0.3 is 10.1 Å². The quantitative estimate of drug-likeness (QED) is 0.873. The van der Waals surface area contributed by atoms with Crippen LogP contribution in [0.2, 0.25) is 0 Å². The van der Waals surface area contributed by atoms with Crippen LogP contribution >= 0.6 is 11.3 Å². The standard InChI is InChI=1S/C13H15FN2OS/c1-2-15-6-10-3-11(14)5-12(4-10)17-8-13-7-16-9-18-13/h3-5,7,9,15H,2,6,8H2,1H3. The Labute approximate surface area is 110 Å². The number of rotatable bonds is 6. The molecule has 0 aliphatic rings. The molecular weight excluding hydrogens is 251 g/mol. The number of halogens is 1. The van der Waals surface area contributed by atoms with Gasteiger partial charge in [-0.3, -0.25) is 4.98 Å². The average Bonchev–Trinajstić information content (AvgIpc) is 2.86. The van der Waals surface area contributed by atoms with E-state index in [4.69, 9.17) is 4.74 Å². The molecule has 3 nitrogen and oxygen atoms in total. The van der Waals surface area contributed by atoms with Crippen LogP contribution < -0.4 is 10.1 Å². The molecule has 1 aromatic heterocycles. The summed E-state index contributed by atoms with van der Waals surface area (Å²) in [5.41, 5.74) is 2.64. The van der Waals surface area contributed by atoms with Crippen molar-refractivity contribution in [2.45, 2.75) is 20.1 Å². The van der Waals surface area contributed by atoms with Crippen molar-refractivity contribution in [3.63, 3.8) is 0 Å². The second-order valence-electron chi connectivity index (χ2n) is 3.83. The van der Waals surface area contributed by atoms with E-state index in [1.807, 2.05) is 13.0 Å². The smallest absolute Gasteiger partial charge is 0.127 e. The third-order valence-corrected chi connectivity index (χ3v) is 3.13. The predicted molar refractivity (Wildman–Crippen MR) is 70.2 cm³/mol. The maximum atomic E-state index is 13.4. The molecule has 1 aromatic carbocycles. The van der Waals surface area contributed by atoms with Gasteiger partial charge in [-0.05, 0) is 24.2 Å². The number of ether oxygens (including phenoxy) is 1. The van der Waals surface area contributed by atoms with Gasteiger partial charge in [0.25, 0.3) is 0 Å². The Balaban J connectivity index is 2.00. The summed E-state index contributed by atoms with van der Waals surface area (Å²) in [5.74, 6) is 0.279. The molecule has 0 amide bonds. The molecule has 0 aliphatic heterocycles. The minimum absolute atomic E-state index is 0.273. The van der Waals surface area contributed by atoms with Crippen LogP contribution in [0, 0.1) is 5.82 Å². The molecule has 2 aromatic rings. The monoisotopic (exact) mass is 266 g/mol. The average molecular weight is 266 g/mol. The van der Waals surface area contributed by atoms with Crippen molar-refractivity contribution in [1.29, 1.82) is 0 Å². The fourth-order valence-electron chi connectivity index (χ4n) is 1.54. The highest BCUT2D eigenvalue weighted by Gasteiger charge is 2.03. The highest BCUT2D eigenvalue weighted by Crippen LogP contribution is 2.18. The van der Waals surface area contributed by atoms with Crippen LogP contribution in [-0.2, 0) is 13.2 Å². The normalized spacial score (nSPS) is 10.6. The van der Waals surface area contributed by atoms with Crippen molar-refractivity contribution in [1.82, 2.24) is 10.3 Å². The number of aromatic nitrogens is 1. The van der Waals surface area contributed by atoms with E-state index in [2.05, 4.69) is 10.3 Å². The fourth-order valence-corrected chi connectivity index (χ4v) is 2.05. The highest BCUT2D eigenvalue weighted by molar-refractivity contribution is 7.09. The first-order valence-electron chi connectivity index (χ1n) is 5.78. The van der Waals surface area contributed by atoms with Crippen molar-refractivity contribution >= 4 is 11.3 Å². The van der Waals surface area contributed by atoms with Gasteiger partial charge in [0.1, 0.15) is 18.2 Å². The molecule has 0 aliphatic carbocycles. The molecule has 0 atom stereocenters. The van der Waals surface area contributed by atoms with Gasteiger partial charge in [-0.25, -0.2) is 4.39 Å². The molecular formula is C13H15FN2OS. The van der Waals surface area contributed by atoms with Crippen molar-refractivity contribution in [3.05, 3.63) is 46.2 Å². The second kappa shape index (κ2) is 6.47. The number of benzene rings is 1. The van der Waals surface area contributed by atoms with Gasteiger partial charge >= 0.3 is 0 Å². The third kappa shape index (κ3) is 3.78. The molecule has 1 N–H and O–H groups in total. The van der Waals surface area contributed by atoms with Crippen LogP contribution in [0.25, 0.3) is 0 Å². The Bertz CT molecular complexity index is 488. The van der Waals surface area contributed by atoms with Gasteiger partial charge in [-0.15, -0.1) is 11.3 Å². The van der Waals surface area contributed by atoms with Crippen LogP contribution in [-0.4, -0.2) is 11.5 Å². The van der Waals surface area contributed by atoms with Crippen LogP contribution in [0.15, 0.2) is 29.9 Å². The van der Waals surface area contributed by atoms with Crippen molar-refractivity contribution in [3.8, 4) is 5.75 Å². The van der Waals surface area contributed by atoms with Crippen LogP contribution in [0.4, 0.5) is 4.39 Å². The number of nitrogens with zero attached hydrogens (tertiary/aromatic N) is 1. The maximum absolute atomic E-state index is 13.4. The Morgan fingerprint density at radius 2 is 2.28 bits per heavy atom. The molecule has 0 unspecified atom stereocenters. The van der Waals surface area contributed by atoms with Gasteiger partial charge in [0, 0.05) is 18.8 Å². The van der Waals surface area contributed by atoms with Gasteiger partial charge in [-0.1, -0.05) is 6.92 Å². The van der Waals surface area contributed by atoms with E-state index in [-0.39, 0.29) is 5.82 Å². The van der Waals surface area contributed by atoms with E-state index in [0.717, 1.165) is 17.0 Å². The fraction of sp³-hybridized carbons (Fsp3) is 0.308. The molecule has 5 heteroatoms. The van der Waals surface area contributed by atoms with Crippen LogP contribution in [0.5, 0.6) is 5.75 Å². The highest BCUT2D eigenvalue weighted by atomic mass is 32.1. The lowest BCUT2D eigenvalue weighted by Gasteiger charge is -2.08. The topological polar surface area (TPSA) is 34.1 Å². The Hall–Kier alpha value is -1.46. The second-order valence-corrected chi connectivity index (χ2v) is 4.80. The Morgan fingerprint density at radius 3 is 3.00 bits per heavy atom. The number of nitrogens with one attached hydrogen (secondary N) is 1. The number of hydrogen-bond donors (Lipinski definition) is 1. The van der Waals surface area contributed by atoms with Gasteiger partial charge in [0.2, 0.25) is 0 Å². The lowest BCUT2D eigenvalue weighted by Crippen LogP contribution is -2.12. The first-order valence-corrected chi connectivity index (χ1v) is 6.66. The summed E-state index contributed by atoms with van der Waals surface area (Å²) in [6.45, 7) is 3.94. The Kier molecular flexibility index (Phi) is 4.66. The SMILES string of the molecule is CCNCc1cc(F)cc(OCc2cncs2)c1. The summed E-state index contributed by atoms with van der Waals surface area (Å²) in [6, 6.07) is 4.77. The first-order chi connectivity index (χ1) is 8.78. The molecule has 0 saturated carbocycles. The molecule has 2 rings (SSSR count). The van der Waals surface area contributed by atoms with Crippen molar-refractivity contribution < 1.29 is 9.13 Å². The molecule has 96 valence electrons. The molecule has 0 radical (unpaired) electrons. The molecule has 18 heavy (non-hydrogen) atoms. The summed E-state index contributed by atoms with van der Waals surface area (Å²) in [5, 5.41) is 3.16. The third-order valence-electron chi connectivity index (χ3n) is 2.37. The summed E-state index contributed by atoms with van der Waals surface area (Å²) in [7, 11) is 0. The zero-order chi connectivity index (χ0) is 12.8.